The molecule has 2 N–H and O–H groups in total. The van der Waals surface area contributed by atoms with Crippen molar-refractivity contribution in [2.45, 2.75) is 17.9 Å². The van der Waals surface area contributed by atoms with E-state index in [2.05, 4.69) is 0 Å². The van der Waals surface area contributed by atoms with Gasteiger partial charge in [0.05, 0.1) is 29.1 Å². The number of nitrogens with zero attached hydrogens (tertiary/aromatic N) is 4. The molecule has 160 valence electrons. The molecule has 2 fully saturated rings. The molecule has 0 spiro atoms. The van der Waals surface area contributed by atoms with Crippen LogP contribution in [-0.4, -0.2) is 87.0 Å². The van der Waals surface area contributed by atoms with E-state index in [1.54, 1.807) is 6.92 Å². The summed E-state index contributed by atoms with van der Waals surface area (Å²) >= 11 is 0. The van der Waals surface area contributed by atoms with Crippen LogP contribution in [0.3, 0.4) is 0 Å². The molecule has 11 nitrogen and oxygen atoms in total. The number of nitro benzene ring substituents is 1. The number of rotatable bonds is 6. The van der Waals surface area contributed by atoms with Crippen molar-refractivity contribution in [1.82, 2.24) is 9.21 Å². The van der Waals surface area contributed by atoms with E-state index in [0.717, 1.165) is 6.07 Å². The van der Waals surface area contributed by atoms with E-state index in [1.807, 2.05) is 9.80 Å². The van der Waals surface area contributed by atoms with Gasteiger partial charge in [0.15, 0.2) is 0 Å². The van der Waals surface area contributed by atoms with Gasteiger partial charge in [0, 0.05) is 45.3 Å². The first-order chi connectivity index (χ1) is 13.7. The molecule has 3 rings (SSSR count). The normalized spacial score (nSPS) is 20.4. The van der Waals surface area contributed by atoms with Gasteiger partial charge in [-0.05, 0) is 19.1 Å². The molecule has 1 aromatic carbocycles. The zero-order valence-electron chi connectivity index (χ0n) is 16.2. The Morgan fingerprint density at radius 3 is 2.34 bits per heavy atom. The number of sulfonamides is 1. The van der Waals surface area contributed by atoms with Gasteiger partial charge in [0.1, 0.15) is 5.69 Å². The Balaban J connectivity index is 1.82. The number of amides is 1. The lowest BCUT2D eigenvalue weighted by Gasteiger charge is -2.37. The number of hydrogen-bond acceptors (Lipinski definition) is 8. The van der Waals surface area contributed by atoms with Gasteiger partial charge in [-0.1, -0.05) is 0 Å². The zero-order valence-corrected chi connectivity index (χ0v) is 17.0. The van der Waals surface area contributed by atoms with Gasteiger partial charge in [0.2, 0.25) is 15.9 Å². The third-order valence-electron chi connectivity index (χ3n) is 5.37. The minimum atomic E-state index is -3.82. The number of hydrogen-bond donors (Lipinski definition) is 1. The van der Waals surface area contributed by atoms with Crippen molar-refractivity contribution in [2.75, 3.05) is 57.4 Å². The standard InChI is InChI=1S/C17H25N5O6S/c1-13(17(18)23)19-4-6-20(7-5-19)15-3-2-14(12-16(15)22(24)25)29(26,27)21-8-10-28-11-9-21/h2-3,12-13H,4-11H2,1H3,(H2,18,23). The van der Waals surface area contributed by atoms with Gasteiger partial charge in [-0.25, -0.2) is 8.42 Å². The van der Waals surface area contributed by atoms with Crippen molar-refractivity contribution in [2.24, 2.45) is 5.73 Å². The highest BCUT2D eigenvalue weighted by Crippen LogP contribution is 2.32. The van der Waals surface area contributed by atoms with Gasteiger partial charge in [-0.2, -0.15) is 4.31 Å². The van der Waals surface area contributed by atoms with Crippen molar-refractivity contribution >= 4 is 27.3 Å². The predicted molar refractivity (Wildman–Crippen MR) is 105 cm³/mol. The highest BCUT2D eigenvalue weighted by Gasteiger charge is 2.31. The molecule has 0 radical (unpaired) electrons. The lowest BCUT2D eigenvalue weighted by molar-refractivity contribution is -0.384. The van der Waals surface area contributed by atoms with E-state index in [1.165, 1.54) is 16.4 Å². The van der Waals surface area contributed by atoms with Gasteiger partial charge < -0.3 is 15.4 Å². The molecule has 2 aliphatic heterocycles. The number of anilines is 1. The Morgan fingerprint density at radius 2 is 1.79 bits per heavy atom. The van der Waals surface area contributed by atoms with Gasteiger partial charge in [0.25, 0.3) is 5.69 Å². The Bertz CT molecular complexity index is 878. The highest BCUT2D eigenvalue weighted by atomic mass is 32.2. The molecule has 1 amide bonds. The van der Waals surface area contributed by atoms with Crippen molar-refractivity contribution in [3.63, 3.8) is 0 Å². The number of piperazine rings is 1. The van der Waals surface area contributed by atoms with Crippen molar-refractivity contribution in [3.8, 4) is 0 Å². The van der Waals surface area contributed by atoms with Crippen LogP contribution in [0.4, 0.5) is 11.4 Å². The molecule has 2 aliphatic rings. The second kappa shape index (κ2) is 8.61. The summed E-state index contributed by atoms with van der Waals surface area (Å²) in [5.74, 6) is -0.415. The van der Waals surface area contributed by atoms with Crippen molar-refractivity contribution < 1.29 is 22.9 Å². The Morgan fingerprint density at radius 1 is 1.17 bits per heavy atom. The fourth-order valence-corrected chi connectivity index (χ4v) is 4.97. The summed E-state index contributed by atoms with van der Waals surface area (Å²) in [7, 11) is -3.82. The average molecular weight is 427 g/mol. The molecule has 2 saturated heterocycles. The van der Waals surface area contributed by atoms with Crippen LogP contribution in [0.1, 0.15) is 6.92 Å². The molecule has 0 aliphatic carbocycles. The summed E-state index contributed by atoms with van der Waals surface area (Å²) in [6, 6.07) is 3.61. The third-order valence-corrected chi connectivity index (χ3v) is 7.26. The summed E-state index contributed by atoms with van der Waals surface area (Å²) in [5, 5.41) is 11.7. The first-order valence-corrected chi connectivity index (χ1v) is 10.8. The fourth-order valence-electron chi connectivity index (χ4n) is 3.54. The molecule has 0 aromatic heterocycles. The third kappa shape index (κ3) is 4.50. The quantitative estimate of drug-likeness (QED) is 0.478. The van der Waals surface area contributed by atoms with Gasteiger partial charge in [-0.15, -0.1) is 0 Å². The van der Waals surface area contributed by atoms with Crippen LogP contribution < -0.4 is 10.6 Å². The number of morpholine rings is 1. The van der Waals surface area contributed by atoms with Crippen LogP contribution in [0.25, 0.3) is 0 Å². The summed E-state index contributed by atoms with van der Waals surface area (Å²) in [5.41, 5.74) is 5.45. The molecule has 1 atom stereocenters. The Hall–Kier alpha value is -2.28. The zero-order chi connectivity index (χ0) is 21.2. The maximum absolute atomic E-state index is 12.8. The van der Waals surface area contributed by atoms with Gasteiger partial charge in [-0.3, -0.25) is 19.8 Å². The van der Waals surface area contributed by atoms with E-state index in [0.29, 0.717) is 45.1 Å². The molecule has 1 aromatic rings. The summed E-state index contributed by atoms with van der Waals surface area (Å²) in [6.45, 7) is 4.74. The molecule has 0 bridgehead atoms. The number of nitro groups is 1. The molecule has 0 saturated carbocycles. The molecular formula is C17H25N5O6S. The van der Waals surface area contributed by atoms with Crippen LogP contribution in [0.5, 0.6) is 0 Å². The lowest BCUT2D eigenvalue weighted by atomic mass is 10.2. The molecular weight excluding hydrogens is 402 g/mol. The predicted octanol–water partition coefficient (Wildman–Crippen LogP) is -0.388. The second-order valence-electron chi connectivity index (χ2n) is 7.03. The maximum Gasteiger partial charge on any atom is 0.293 e. The summed E-state index contributed by atoms with van der Waals surface area (Å²) in [6.07, 6.45) is 0. The van der Waals surface area contributed by atoms with E-state index in [-0.39, 0.29) is 23.7 Å². The topological polar surface area (TPSA) is 139 Å². The number of ether oxygens (including phenoxy) is 1. The highest BCUT2D eigenvalue weighted by molar-refractivity contribution is 7.89. The van der Waals surface area contributed by atoms with E-state index in [4.69, 9.17) is 10.5 Å². The second-order valence-corrected chi connectivity index (χ2v) is 8.96. The first kappa shape index (κ1) is 21.4. The Kier molecular flexibility index (Phi) is 6.36. The average Bonchev–Trinajstić information content (AvgIpc) is 2.73. The van der Waals surface area contributed by atoms with Crippen LogP contribution in [0.2, 0.25) is 0 Å². The van der Waals surface area contributed by atoms with Crippen molar-refractivity contribution in [3.05, 3.63) is 28.3 Å². The smallest absolute Gasteiger partial charge is 0.293 e. The van der Waals surface area contributed by atoms with E-state index < -0.39 is 26.9 Å². The SMILES string of the molecule is CC(C(N)=O)N1CCN(c2ccc(S(=O)(=O)N3CCOCC3)cc2[N+](=O)[O-])CC1. The molecule has 29 heavy (non-hydrogen) atoms. The van der Waals surface area contributed by atoms with Crippen LogP contribution in [-0.2, 0) is 19.6 Å². The molecule has 1 unspecified atom stereocenters. The monoisotopic (exact) mass is 427 g/mol. The van der Waals surface area contributed by atoms with Crippen LogP contribution in [0, 0.1) is 10.1 Å². The maximum atomic E-state index is 12.8. The minimum absolute atomic E-state index is 0.101. The number of nitrogens with two attached hydrogens (primary N) is 1. The number of carbonyl (C=O) groups is 1. The number of benzene rings is 1. The first-order valence-electron chi connectivity index (χ1n) is 9.36. The van der Waals surface area contributed by atoms with Crippen LogP contribution >= 0.6 is 0 Å². The van der Waals surface area contributed by atoms with Crippen LogP contribution in [0.15, 0.2) is 23.1 Å². The summed E-state index contributed by atoms with van der Waals surface area (Å²) < 4.78 is 32.1. The van der Waals surface area contributed by atoms with Gasteiger partial charge >= 0.3 is 0 Å². The minimum Gasteiger partial charge on any atom is -0.379 e. The lowest BCUT2D eigenvalue weighted by Crippen LogP contribution is -2.53. The number of carbonyl (C=O) groups excluding carboxylic acids is 1. The largest absolute Gasteiger partial charge is 0.379 e. The van der Waals surface area contributed by atoms with E-state index in [9.17, 15) is 23.3 Å². The molecule has 12 heteroatoms. The number of primary amides is 1. The fraction of sp³-hybridized carbons (Fsp3) is 0.588. The summed E-state index contributed by atoms with van der Waals surface area (Å²) in [4.78, 5) is 26.1. The molecule has 2 heterocycles. The van der Waals surface area contributed by atoms with Crippen molar-refractivity contribution in [1.29, 1.82) is 0 Å². The van der Waals surface area contributed by atoms with E-state index >= 15 is 0 Å². The Labute approximate surface area is 169 Å².